The van der Waals surface area contributed by atoms with E-state index in [2.05, 4.69) is 25.6 Å². The van der Waals surface area contributed by atoms with Crippen molar-refractivity contribution >= 4 is 46.3 Å². The average Bonchev–Trinajstić information content (AvgIpc) is 3.15. The van der Waals surface area contributed by atoms with Crippen molar-refractivity contribution < 1.29 is 18.7 Å². The summed E-state index contributed by atoms with van der Waals surface area (Å²) in [5, 5.41) is 15.3. The number of nitrogens with one attached hydrogen (secondary N) is 2. The summed E-state index contributed by atoms with van der Waals surface area (Å²) in [5.74, 6) is -2.09. The maximum atomic E-state index is 14.5. The molecule has 5 rings (SSSR count). The molecule has 2 saturated carbocycles. The molecule has 0 atom stereocenters. The molecule has 0 unspecified atom stereocenters. The van der Waals surface area contributed by atoms with Crippen LogP contribution in [0.15, 0.2) is 18.3 Å². The molecule has 0 spiro atoms. The number of carbonyl (C=O) groups is 1. The summed E-state index contributed by atoms with van der Waals surface area (Å²) in [6, 6.07) is 2.60. The van der Waals surface area contributed by atoms with Gasteiger partial charge in [-0.3, -0.25) is 9.36 Å². The van der Waals surface area contributed by atoms with Crippen LogP contribution in [0, 0.1) is 17.6 Å². The highest BCUT2D eigenvalue weighted by molar-refractivity contribution is 6.30. The number of imidazole rings is 1. The van der Waals surface area contributed by atoms with E-state index >= 15 is 0 Å². The fourth-order valence-electron chi connectivity index (χ4n) is 4.64. The molecule has 9 nitrogen and oxygen atoms in total. The van der Waals surface area contributed by atoms with Gasteiger partial charge < -0.3 is 21.5 Å². The number of rotatable bonds is 6. The molecule has 0 bridgehead atoms. The molecular weight excluding hydrogens is 468 g/mol. The lowest BCUT2D eigenvalue weighted by atomic mass is 9.85. The normalized spacial score (nSPS) is 24.6. The standard InChI is InChI=1S/C22H24ClF2N7O2/c23-14-5-6-15(18(25)17(14)24)29-22-30-16-9-27-21(28-11-7-13(33)8-11)31-20(16)32(22)12-3-1-10(2-4-12)19(26)34/h5-6,9-13,33H,1-4,7-8H2,(H2,26,34)(H,29,30)(H,27,28,31)/t10-,11-,12+,13+. The molecule has 1 amide bonds. The minimum Gasteiger partial charge on any atom is -0.393 e. The number of aromatic nitrogens is 4. The molecule has 5 N–H and O–H groups in total. The van der Waals surface area contributed by atoms with E-state index in [4.69, 9.17) is 17.3 Å². The summed E-state index contributed by atoms with van der Waals surface area (Å²) in [5.41, 5.74) is 6.38. The lowest BCUT2D eigenvalue weighted by Gasteiger charge is -2.32. The summed E-state index contributed by atoms with van der Waals surface area (Å²) < 4.78 is 30.4. The van der Waals surface area contributed by atoms with Crippen LogP contribution in [0.2, 0.25) is 5.02 Å². The van der Waals surface area contributed by atoms with Gasteiger partial charge in [-0.1, -0.05) is 11.6 Å². The number of aliphatic hydroxyl groups is 1. The van der Waals surface area contributed by atoms with E-state index in [1.807, 2.05) is 4.57 Å². The molecule has 34 heavy (non-hydrogen) atoms. The fourth-order valence-corrected chi connectivity index (χ4v) is 4.79. The average molecular weight is 492 g/mol. The van der Waals surface area contributed by atoms with Crippen molar-refractivity contribution in [1.29, 1.82) is 0 Å². The number of carbonyl (C=O) groups excluding carboxylic acids is 1. The first-order chi connectivity index (χ1) is 16.3. The number of aliphatic hydroxyl groups excluding tert-OH is 1. The van der Waals surface area contributed by atoms with Crippen molar-refractivity contribution in [2.75, 3.05) is 10.6 Å². The summed E-state index contributed by atoms with van der Waals surface area (Å²) in [6.45, 7) is 0. The van der Waals surface area contributed by atoms with E-state index in [9.17, 15) is 18.7 Å². The lowest BCUT2D eigenvalue weighted by Crippen LogP contribution is -2.39. The molecule has 180 valence electrons. The van der Waals surface area contributed by atoms with Crippen molar-refractivity contribution in [2.45, 2.75) is 56.7 Å². The molecule has 1 aromatic carbocycles. The molecule has 0 saturated heterocycles. The van der Waals surface area contributed by atoms with Crippen LogP contribution in [0.5, 0.6) is 0 Å². The number of primary amides is 1. The summed E-state index contributed by atoms with van der Waals surface area (Å²) >= 11 is 5.69. The summed E-state index contributed by atoms with van der Waals surface area (Å²) in [6.07, 6.45) is 4.99. The van der Waals surface area contributed by atoms with Crippen molar-refractivity contribution in [3.8, 4) is 0 Å². The maximum Gasteiger partial charge on any atom is 0.224 e. The van der Waals surface area contributed by atoms with Gasteiger partial charge in [0, 0.05) is 18.0 Å². The smallest absolute Gasteiger partial charge is 0.224 e. The number of nitrogens with two attached hydrogens (primary N) is 1. The van der Waals surface area contributed by atoms with Gasteiger partial charge in [0.1, 0.15) is 5.52 Å². The number of fused-ring (bicyclic) bond motifs is 1. The van der Waals surface area contributed by atoms with Gasteiger partial charge in [0.05, 0.1) is 23.0 Å². The minimum atomic E-state index is -1.15. The summed E-state index contributed by atoms with van der Waals surface area (Å²) in [7, 11) is 0. The Kier molecular flexibility index (Phi) is 5.98. The zero-order valence-corrected chi connectivity index (χ0v) is 18.9. The second-order valence-electron chi connectivity index (χ2n) is 8.93. The largest absolute Gasteiger partial charge is 0.393 e. The van der Waals surface area contributed by atoms with Gasteiger partial charge in [0.2, 0.25) is 17.8 Å². The topological polar surface area (TPSA) is 131 Å². The Labute approximate surface area is 198 Å². The number of anilines is 3. The predicted octanol–water partition coefficient (Wildman–Crippen LogP) is 3.65. The molecule has 2 aliphatic rings. The van der Waals surface area contributed by atoms with Crippen LogP contribution in [0.4, 0.5) is 26.4 Å². The van der Waals surface area contributed by atoms with Crippen molar-refractivity contribution in [2.24, 2.45) is 11.7 Å². The van der Waals surface area contributed by atoms with Gasteiger partial charge >= 0.3 is 0 Å². The number of hydrogen-bond acceptors (Lipinski definition) is 7. The molecular formula is C22H24ClF2N7O2. The Morgan fingerprint density at radius 1 is 1.15 bits per heavy atom. The number of nitrogens with zero attached hydrogens (tertiary/aromatic N) is 4. The Morgan fingerprint density at radius 3 is 2.56 bits per heavy atom. The molecule has 0 radical (unpaired) electrons. The van der Waals surface area contributed by atoms with Crippen LogP contribution >= 0.6 is 11.6 Å². The van der Waals surface area contributed by atoms with Crippen LogP contribution in [0.3, 0.4) is 0 Å². The maximum absolute atomic E-state index is 14.5. The molecule has 2 aromatic heterocycles. The number of halogens is 3. The molecule has 3 aromatic rings. The molecule has 0 aliphatic heterocycles. The molecule has 2 aliphatic carbocycles. The fraction of sp³-hybridized carbons (Fsp3) is 0.455. The first-order valence-corrected chi connectivity index (χ1v) is 11.6. The minimum absolute atomic E-state index is 0.0820. The van der Waals surface area contributed by atoms with E-state index in [0.717, 1.165) is 0 Å². The van der Waals surface area contributed by atoms with Crippen molar-refractivity contribution in [3.63, 3.8) is 0 Å². The van der Waals surface area contributed by atoms with Crippen LogP contribution in [-0.2, 0) is 4.79 Å². The van der Waals surface area contributed by atoms with Crippen LogP contribution < -0.4 is 16.4 Å². The third-order valence-electron chi connectivity index (χ3n) is 6.63. The number of amides is 1. The highest BCUT2D eigenvalue weighted by Gasteiger charge is 2.31. The van der Waals surface area contributed by atoms with E-state index in [1.165, 1.54) is 12.1 Å². The van der Waals surface area contributed by atoms with E-state index in [0.29, 0.717) is 55.6 Å². The predicted molar refractivity (Wildman–Crippen MR) is 123 cm³/mol. The second kappa shape index (κ2) is 8.95. The first-order valence-electron chi connectivity index (χ1n) is 11.2. The highest BCUT2D eigenvalue weighted by Crippen LogP contribution is 2.37. The Morgan fingerprint density at radius 2 is 1.88 bits per heavy atom. The SMILES string of the molecule is NC(=O)[C@H]1CC[C@@H](n2c(Nc3ccc(Cl)c(F)c3F)nc3cnc(N[C@H]4C[C@@H](O)C4)nc32)CC1. The van der Waals surface area contributed by atoms with Crippen molar-refractivity contribution in [3.05, 3.63) is 35.0 Å². The third kappa shape index (κ3) is 4.25. The Balaban J connectivity index is 1.52. The van der Waals surface area contributed by atoms with E-state index in [-0.39, 0.29) is 46.7 Å². The molecule has 2 fully saturated rings. The van der Waals surface area contributed by atoms with E-state index in [1.54, 1.807) is 6.20 Å². The first kappa shape index (κ1) is 22.7. The Hall–Kier alpha value is -3.05. The zero-order chi connectivity index (χ0) is 24.0. The van der Waals surface area contributed by atoms with Crippen LogP contribution in [-0.4, -0.2) is 42.7 Å². The zero-order valence-electron chi connectivity index (χ0n) is 18.1. The van der Waals surface area contributed by atoms with Gasteiger partial charge in [-0.15, -0.1) is 0 Å². The second-order valence-corrected chi connectivity index (χ2v) is 9.34. The molecule has 2 heterocycles. The van der Waals surface area contributed by atoms with Gasteiger partial charge in [0.15, 0.2) is 17.3 Å². The quantitative estimate of drug-likeness (QED) is 0.387. The van der Waals surface area contributed by atoms with Gasteiger partial charge in [0.25, 0.3) is 0 Å². The van der Waals surface area contributed by atoms with E-state index < -0.39 is 11.6 Å². The Bertz CT molecular complexity index is 1240. The highest BCUT2D eigenvalue weighted by atomic mass is 35.5. The van der Waals surface area contributed by atoms with Gasteiger partial charge in [-0.05, 0) is 50.7 Å². The van der Waals surface area contributed by atoms with Crippen LogP contribution in [0.1, 0.15) is 44.6 Å². The monoisotopic (exact) mass is 491 g/mol. The summed E-state index contributed by atoms with van der Waals surface area (Å²) in [4.78, 5) is 25.1. The van der Waals surface area contributed by atoms with Crippen molar-refractivity contribution in [1.82, 2.24) is 19.5 Å². The van der Waals surface area contributed by atoms with Gasteiger partial charge in [-0.2, -0.15) is 4.98 Å². The molecule has 12 heteroatoms. The third-order valence-corrected chi connectivity index (χ3v) is 6.92. The number of benzene rings is 1. The number of hydrogen-bond donors (Lipinski definition) is 4. The van der Waals surface area contributed by atoms with Gasteiger partial charge in [-0.25, -0.2) is 18.7 Å². The van der Waals surface area contributed by atoms with Crippen LogP contribution in [0.25, 0.3) is 11.2 Å². The lowest BCUT2D eigenvalue weighted by molar-refractivity contribution is -0.122.